The molecule has 1 saturated heterocycles. The number of benzene rings is 3. The molecule has 2 amide bonds. The summed E-state index contributed by atoms with van der Waals surface area (Å²) in [6.45, 7) is -0.594. The fourth-order valence-corrected chi connectivity index (χ4v) is 6.00. The summed E-state index contributed by atoms with van der Waals surface area (Å²) in [7, 11) is 1.42. The van der Waals surface area contributed by atoms with Gasteiger partial charge in [-0.25, -0.2) is 0 Å². The van der Waals surface area contributed by atoms with Crippen LogP contribution in [0.4, 0.5) is 0 Å². The van der Waals surface area contributed by atoms with Crippen LogP contribution in [0.15, 0.2) is 48.5 Å². The van der Waals surface area contributed by atoms with Crippen LogP contribution >= 0.6 is 0 Å². The van der Waals surface area contributed by atoms with Crippen LogP contribution in [0.3, 0.4) is 0 Å². The van der Waals surface area contributed by atoms with Gasteiger partial charge in [-0.3, -0.25) is 14.5 Å². The molecular weight excluding hydrogens is 478 g/mol. The Hall–Kier alpha value is -3.80. The van der Waals surface area contributed by atoms with Crippen LogP contribution in [0.5, 0.6) is 0 Å². The van der Waals surface area contributed by atoms with Gasteiger partial charge >= 0.3 is 0 Å². The minimum atomic E-state index is -1.61. The third kappa shape index (κ3) is 2.70. The number of carbonyl (C=O) groups excluding carboxylic acids is 2. The summed E-state index contributed by atoms with van der Waals surface area (Å²) < 4.78 is 7.56. The molecule has 5 aromatic rings. The Labute approximate surface area is 208 Å². The van der Waals surface area contributed by atoms with E-state index in [1.54, 1.807) is 16.7 Å². The van der Waals surface area contributed by atoms with Crippen molar-refractivity contribution in [2.24, 2.45) is 0 Å². The molecule has 0 radical (unpaired) electrons. The SMILES string of the molecule is CN1C(=O)c2c(c3c(c4ccccc4n3[C@H]3O[C@@H](CO)[C@H](O)[C@@H](O)[C@@H]3O)c3c2[nH]c2ccccc23)C1=O. The van der Waals surface area contributed by atoms with Gasteiger partial charge in [0.05, 0.1) is 34.3 Å². The summed E-state index contributed by atoms with van der Waals surface area (Å²) in [5.41, 5.74) is 2.70. The first-order valence-electron chi connectivity index (χ1n) is 12.0. The molecule has 5 N–H and O–H groups in total. The van der Waals surface area contributed by atoms with E-state index in [0.29, 0.717) is 21.9 Å². The maximum Gasteiger partial charge on any atom is 0.263 e. The lowest BCUT2D eigenvalue weighted by Gasteiger charge is -2.41. The molecule has 0 unspecified atom stereocenters. The number of para-hydroxylation sites is 2. The number of ether oxygens (including phenoxy) is 1. The Bertz CT molecular complexity index is 1790. The number of rotatable bonds is 2. The third-order valence-electron chi connectivity index (χ3n) is 7.76. The summed E-state index contributed by atoms with van der Waals surface area (Å²) in [6, 6.07) is 14.9. The topological polar surface area (TPSA) is 148 Å². The molecule has 2 aliphatic heterocycles. The molecule has 10 nitrogen and oxygen atoms in total. The zero-order valence-electron chi connectivity index (χ0n) is 19.6. The van der Waals surface area contributed by atoms with E-state index < -0.39 is 49.1 Å². The first kappa shape index (κ1) is 22.4. The molecule has 0 bridgehead atoms. The van der Waals surface area contributed by atoms with Crippen molar-refractivity contribution < 1.29 is 34.8 Å². The number of hydrogen-bond donors (Lipinski definition) is 5. The Balaban J connectivity index is 1.71. The van der Waals surface area contributed by atoms with E-state index >= 15 is 0 Å². The van der Waals surface area contributed by atoms with E-state index in [-0.39, 0.29) is 11.1 Å². The number of imide groups is 1. The molecule has 3 aromatic carbocycles. The summed E-state index contributed by atoms with van der Waals surface area (Å²) in [5.74, 6) is -0.955. The molecule has 2 aromatic heterocycles. The van der Waals surface area contributed by atoms with Crippen molar-refractivity contribution in [3.8, 4) is 0 Å². The van der Waals surface area contributed by atoms with E-state index in [0.717, 1.165) is 26.6 Å². The van der Waals surface area contributed by atoms with Crippen molar-refractivity contribution in [2.75, 3.05) is 13.7 Å². The lowest BCUT2D eigenvalue weighted by atomic mass is 9.97. The van der Waals surface area contributed by atoms with Crippen molar-refractivity contribution in [2.45, 2.75) is 30.6 Å². The molecular formula is C27H23N3O7. The van der Waals surface area contributed by atoms with Gasteiger partial charge in [0.15, 0.2) is 6.23 Å². The number of hydrogen-bond acceptors (Lipinski definition) is 7. The van der Waals surface area contributed by atoms with Gasteiger partial charge < -0.3 is 34.7 Å². The number of aromatic nitrogens is 2. The monoisotopic (exact) mass is 501 g/mol. The number of aliphatic hydroxyl groups excluding tert-OH is 4. The summed E-state index contributed by atoms with van der Waals surface area (Å²) in [5, 5.41) is 44.9. The van der Waals surface area contributed by atoms with E-state index in [2.05, 4.69) is 4.98 Å². The van der Waals surface area contributed by atoms with Gasteiger partial charge in [0, 0.05) is 34.1 Å². The largest absolute Gasteiger partial charge is 0.394 e. The van der Waals surface area contributed by atoms with Crippen molar-refractivity contribution in [1.82, 2.24) is 14.5 Å². The smallest absolute Gasteiger partial charge is 0.263 e. The van der Waals surface area contributed by atoms with Gasteiger partial charge in [0.25, 0.3) is 11.8 Å². The highest BCUT2D eigenvalue weighted by Crippen LogP contribution is 2.47. The van der Waals surface area contributed by atoms with Gasteiger partial charge in [0.1, 0.15) is 24.4 Å². The predicted molar refractivity (Wildman–Crippen MR) is 134 cm³/mol. The van der Waals surface area contributed by atoms with E-state index in [1.165, 1.54) is 7.05 Å². The summed E-state index contributed by atoms with van der Waals surface area (Å²) >= 11 is 0. The van der Waals surface area contributed by atoms with Gasteiger partial charge in [-0.1, -0.05) is 36.4 Å². The third-order valence-corrected chi connectivity index (χ3v) is 7.76. The Morgan fingerprint density at radius 3 is 2.30 bits per heavy atom. The van der Waals surface area contributed by atoms with E-state index in [4.69, 9.17) is 4.74 Å². The molecule has 5 atom stereocenters. The number of aliphatic hydroxyl groups is 4. The van der Waals surface area contributed by atoms with Crippen LogP contribution in [0, 0.1) is 0 Å². The van der Waals surface area contributed by atoms with Crippen LogP contribution in [-0.2, 0) is 4.74 Å². The van der Waals surface area contributed by atoms with Crippen LogP contribution in [-0.4, -0.2) is 84.8 Å². The highest BCUT2D eigenvalue weighted by molar-refractivity contribution is 6.39. The fraction of sp³-hybridized carbons (Fsp3) is 0.259. The highest BCUT2D eigenvalue weighted by atomic mass is 16.6. The Morgan fingerprint density at radius 2 is 1.54 bits per heavy atom. The molecule has 0 saturated carbocycles. The van der Waals surface area contributed by atoms with E-state index in [9.17, 15) is 30.0 Å². The molecule has 4 heterocycles. The second-order valence-electron chi connectivity index (χ2n) is 9.67. The first-order chi connectivity index (χ1) is 17.8. The highest BCUT2D eigenvalue weighted by Gasteiger charge is 2.47. The van der Waals surface area contributed by atoms with Crippen LogP contribution in [0.25, 0.3) is 43.6 Å². The molecule has 2 aliphatic rings. The lowest BCUT2D eigenvalue weighted by molar-refractivity contribution is -0.249. The quantitative estimate of drug-likeness (QED) is 0.231. The average Bonchev–Trinajstić information content (AvgIpc) is 3.52. The van der Waals surface area contributed by atoms with Crippen molar-refractivity contribution in [3.05, 3.63) is 59.7 Å². The van der Waals surface area contributed by atoms with Gasteiger partial charge in [0.2, 0.25) is 0 Å². The van der Waals surface area contributed by atoms with Crippen LogP contribution in [0.2, 0.25) is 0 Å². The zero-order valence-corrected chi connectivity index (χ0v) is 19.6. The molecule has 37 heavy (non-hydrogen) atoms. The Kier molecular flexibility index (Phi) is 4.60. The minimum absolute atomic E-state index is 0.162. The lowest BCUT2D eigenvalue weighted by Crippen LogP contribution is -2.56. The maximum absolute atomic E-state index is 13.6. The van der Waals surface area contributed by atoms with Gasteiger partial charge in [-0.2, -0.15) is 0 Å². The Morgan fingerprint density at radius 1 is 0.865 bits per heavy atom. The standard InChI is InChI=1S/C27H23N3O7/c1-29-25(35)18-19(26(29)36)21-17(16-11-6-2-4-8-13(11)28-20(16)18)12-7-3-5-9-14(12)30(21)27-24(34)23(33)22(32)15(10-31)37-27/h2-9,15,22-24,27-28,31-34H,10H2,1H3/t15-,22-,23+,24-,27-/m0/s1. The van der Waals surface area contributed by atoms with Crippen LogP contribution < -0.4 is 0 Å². The van der Waals surface area contributed by atoms with Gasteiger partial charge in [-0.15, -0.1) is 0 Å². The number of fused-ring (bicyclic) bond motifs is 10. The molecule has 188 valence electrons. The second-order valence-corrected chi connectivity index (χ2v) is 9.67. The summed E-state index contributed by atoms with van der Waals surface area (Å²) in [4.78, 5) is 31.3. The number of aromatic amines is 1. The average molecular weight is 501 g/mol. The fourth-order valence-electron chi connectivity index (χ4n) is 6.00. The maximum atomic E-state index is 13.6. The molecule has 7 rings (SSSR count). The number of H-pyrrole nitrogens is 1. The minimum Gasteiger partial charge on any atom is -0.394 e. The van der Waals surface area contributed by atoms with Crippen LogP contribution in [0.1, 0.15) is 26.9 Å². The second kappa shape index (κ2) is 7.60. The predicted octanol–water partition coefficient (Wildman–Crippen LogP) is 1.63. The molecule has 0 spiro atoms. The van der Waals surface area contributed by atoms with E-state index in [1.807, 2.05) is 36.4 Å². The first-order valence-corrected chi connectivity index (χ1v) is 12.0. The molecule has 10 heteroatoms. The number of nitrogens with one attached hydrogen (secondary N) is 1. The number of nitrogens with zero attached hydrogens (tertiary/aromatic N) is 2. The molecule has 1 fully saturated rings. The normalized spacial score (nSPS) is 26.3. The summed E-state index contributed by atoms with van der Waals surface area (Å²) in [6.07, 6.45) is -7.15. The van der Waals surface area contributed by atoms with Gasteiger partial charge in [-0.05, 0) is 12.1 Å². The number of amides is 2. The van der Waals surface area contributed by atoms with Crippen molar-refractivity contribution in [1.29, 1.82) is 0 Å². The molecule has 0 aliphatic carbocycles. The van der Waals surface area contributed by atoms with Crippen molar-refractivity contribution in [3.63, 3.8) is 0 Å². The zero-order chi connectivity index (χ0) is 25.7. The van der Waals surface area contributed by atoms with Crippen molar-refractivity contribution >= 4 is 55.4 Å². The number of carbonyl (C=O) groups is 2.